The van der Waals surface area contributed by atoms with Crippen LogP contribution in [0.3, 0.4) is 0 Å². The van der Waals surface area contributed by atoms with Gasteiger partial charge in [-0.05, 0) is 18.4 Å². The Morgan fingerprint density at radius 3 is 3.20 bits per heavy atom. The molecule has 1 atom stereocenters. The molecular formula is C9H13N5O. The van der Waals surface area contributed by atoms with E-state index in [1.807, 2.05) is 6.20 Å². The molecule has 0 amide bonds. The number of fused-ring (bicyclic) bond motifs is 1. The molecule has 0 bridgehead atoms. The molecule has 6 heteroatoms. The smallest absolute Gasteiger partial charge is 0.108 e. The number of rotatable bonds is 3. The third kappa shape index (κ3) is 1.95. The van der Waals surface area contributed by atoms with Gasteiger partial charge in [0.15, 0.2) is 0 Å². The quantitative estimate of drug-likeness (QED) is 0.463. The van der Waals surface area contributed by atoms with Crippen LogP contribution in [-0.2, 0) is 13.0 Å². The summed E-state index contributed by atoms with van der Waals surface area (Å²) in [7, 11) is 0. The molecule has 1 aromatic heterocycles. The van der Waals surface area contributed by atoms with E-state index in [2.05, 4.69) is 19.6 Å². The lowest BCUT2D eigenvalue weighted by Gasteiger charge is -2.11. The maximum absolute atomic E-state index is 9.06. The minimum Gasteiger partial charge on any atom is -0.396 e. The minimum atomic E-state index is -0.548. The predicted octanol–water partition coefficient (Wildman–Crippen LogP) is 1.56. The summed E-state index contributed by atoms with van der Waals surface area (Å²) in [5, 5.41) is 12.6. The van der Waals surface area contributed by atoms with Crippen molar-refractivity contribution in [3.63, 3.8) is 0 Å². The second-order valence-corrected chi connectivity index (χ2v) is 3.64. The van der Waals surface area contributed by atoms with Gasteiger partial charge in [0.2, 0.25) is 0 Å². The van der Waals surface area contributed by atoms with E-state index in [9.17, 15) is 0 Å². The summed E-state index contributed by atoms with van der Waals surface area (Å²) in [5.74, 6) is 1.03. The Kier molecular flexibility index (Phi) is 2.89. The monoisotopic (exact) mass is 207 g/mol. The Balaban J connectivity index is 2.28. The fourth-order valence-corrected chi connectivity index (χ4v) is 1.85. The maximum Gasteiger partial charge on any atom is 0.108 e. The number of aromatic nitrogens is 2. The Morgan fingerprint density at radius 1 is 1.67 bits per heavy atom. The van der Waals surface area contributed by atoms with Crippen LogP contribution < -0.4 is 0 Å². The van der Waals surface area contributed by atoms with Crippen molar-refractivity contribution in [2.24, 2.45) is 5.11 Å². The molecule has 0 fully saturated rings. The van der Waals surface area contributed by atoms with Gasteiger partial charge in [-0.15, -0.1) is 0 Å². The third-order valence-electron chi connectivity index (χ3n) is 2.63. The van der Waals surface area contributed by atoms with Gasteiger partial charge in [-0.2, -0.15) is 0 Å². The van der Waals surface area contributed by atoms with E-state index in [0.717, 1.165) is 31.6 Å². The van der Waals surface area contributed by atoms with E-state index in [4.69, 9.17) is 10.6 Å². The van der Waals surface area contributed by atoms with Crippen LogP contribution >= 0.6 is 0 Å². The SMILES string of the molecule is [N-]=[N+]=NC(CO)c1cn2c(n1)CCCC2. The number of imidazole rings is 1. The number of nitrogens with zero attached hydrogens (tertiary/aromatic N) is 5. The predicted molar refractivity (Wildman–Crippen MR) is 54.1 cm³/mol. The molecule has 1 N–H and O–H groups in total. The second kappa shape index (κ2) is 4.33. The summed E-state index contributed by atoms with van der Waals surface area (Å²) in [6.45, 7) is 0.775. The molecule has 2 rings (SSSR count). The van der Waals surface area contributed by atoms with Crippen LogP contribution in [0.4, 0.5) is 0 Å². The first-order chi connectivity index (χ1) is 7.35. The molecule has 80 valence electrons. The number of hydrogen-bond acceptors (Lipinski definition) is 3. The van der Waals surface area contributed by atoms with E-state index in [0.29, 0.717) is 5.69 Å². The van der Waals surface area contributed by atoms with Gasteiger partial charge in [-0.25, -0.2) is 4.98 Å². The first kappa shape index (κ1) is 10.0. The molecule has 1 unspecified atom stereocenters. The molecule has 2 heterocycles. The third-order valence-corrected chi connectivity index (χ3v) is 2.63. The van der Waals surface area contributed by atoms with Crippen LogP contribution in [0.2, 0.25) is 0 Å². The van der Waals surface area contributed by atoms with Gasteiger partial charge < -0.3 is 9.67 Å². The van der Waals surface area contributed by atoms with Crippen LogP contribution in [0.5, 0.6) is 0 Å². The molecule has 0 saturated carbocycles. The van der Waals surface area contributed by atoms with Crippen LogP contribution in [0.1, 0.15) is 30.4 Å². The zero-order valence-electron chi connectivity index (χ0n) is 8.37. The standard InChI is InChI=1S/C9H13N5O/c10-13-12-8(6-15)7-5-14-4-2-1-3-9(14)11-7/h5,8,15H,1-4,6H2. The van der Waals surface area contributed by atoms with Crippen molar-refractivity contribution in [2.45, 2.75) is 31.8 Å². The second-order valence-electron chi connectivity index (χ2n) is 3.64. The van der Waals surface area contributed by atoms with Crippen molar-refractivity contribution in [2.75, 3.05) is 6.61 Å². The molecule has 1 aromatic rings. The highest BCUT2D eigenvalue weighted by Gasteiger charge is 2.17. The topological polar surface area (TPSA) is 86.8 Å². The molecule has 0 saturated heterocycles. The van der Waals surface area contributed by atoms with Crippen LogP contribution in [0.15, 0.2) is 11.3 Å². The minimum absolute atomic E-state index is 0.194. The molecule has 0 aliphatic carbocycles. The van der Waals surface area contributed by atoms with Gasteiger partial charge in [0, 0.05) is 24.1 Å². The van der Waals surface area contributed by atoms with Gasteiger partial charge in [-0.1, -0.05) is 5.11 Å². The van der Waals surface area contributed by atoms with Gasteiger partial charge in [-0.3, -0.25) is 0 Å². The van der Waals surface area contributed by atoms with E-state index < -0.39 is 6.04 Å². The molecule has 1 aliphatic heterocycles. The highest BCUT2D eigenvalue weighted by atomic mass is 16.3. The van der Waals surface area contributed by atoms with Crippen molar-refractivity contribution < 1.29 is 5.11 Å². The highest BCUT2D eigenvalue weighted by Crippen LogP contribution is 2.20. The first-order valence-electron chi connectivity index (χ1n) is 5.06. The summed E-state index contributed by atoms with van der Waals surface area (Å²) in [6.07, 6.45) is 5.16. The normalized spacial score (nSPS) is 16.6. The van der Waals surface area contributed by atoms with Crippen LogP contribution in [-0.4, -0.2) is 21.3 Å². The fraction of sp³-hybridized carbons (Fsp3) is 0.667. The van der Waals surface area contributed by atoms with E-state index in [1.54, 1.807) is 0 Å². The molecule has 0 radical (unpaired) electrons. The van der Waals surface area contributed by atoms with Gasteiger partial charge in [0.1, 0.15) is 11.9 Å². The molecule has 6 nitrogen and oxygen atoms in total. The summed E-state index contributed by atoms with van der Waals surface area (Å²) in [4.78, 5) is 7.08. The van der Waals surface area contributed by atoms with Crippen molar-refractivity contribution in [1.29, 1.82) is 0 Å². The van der Waals surface area contributed by atoms with Gasteiger partial charge in [0.05, 0.1) is 12.3 Å². The zero-order chi connectivity index (χ0) is 10.7. The van der Waals surface area contributed by atoms with Gasteiger partial charge in [0.25, 0.3) is 0 Å². The van der Waals surface area contributed by atoms with E-state index in [-0.39, 0.29) is 6.61 Å². The lowest BCUT2D eigenvalue weighted by molar-refractivity contribution is 0.266. The highest BCUT2D eigenvalue weighted by molar-refractivity contribution is 5.10. The molecule has 0 aromatic carbocycles. The van der Waals surface area contributed by atoms with Gasteiger partial charge >= 0.3 is 0 Å². The van der Waals surface area contributed by atoms with Crippen LogP contribution in [0, 0.1) is 0 Å². The van der Waals surface area contributed by atoms with Crippen molar-refractivity contribution in [3.8, 4) is 0 Å². The maximum atomic E-state index is 9.06. The lowest BCUT2D eigenvalue weighted by atomic mass is 10.2. The van der Waals surface area contributed by atoms with Crippen molar-refractivity contribution in [1.82, 2.24) is 9.55 Å². The summed E-state index contributed by atoms with van der Waals surface area (Å²) in [6, 6.07) is -0.548. The number of azide groups is 1. The fourth-order valence-electron chi connectivity index (χ4n) is 1.85. The molecule has 1 aliphatic rings. The molecular weight excluding hydrogens is 194 g/mol. The Hall–Kier alpha value is -1.52. The van der Waals surface area contributed by atoms with Crippen molar-refractivity contribution in [3.05, 3.63) is 28.2 Å². The largest absolute Gasteiger partial charge is 0.396 e. The summed E-state index contributed by atoms with van der Waals surface area (Å²) >= 11 is 0. The Bertz CT molecular complexity index is 370. The molecule has 15 heavy (non-hydrogen) atoms. The lowest BCUT2D eigenvalue weighted by Crippen LogP contribution is -2.08. The molecule has 0 spiro atoms. The average molecular weight is 207 g/mol. The zero-order valence-corrected chi connectivity index (χ0v) is 8.37. The van der Waals surface area contributed by atoms with E-state index in [1.165, 1.54) is 0 Å². The van der Waals surface area contributed by atoms with E-state index >= 15 is 0 Å². The Morgan fingerprint density at radius 2 is 2.53 bits per heavy atom. The summed E-state index contributed by atoms with van der Waals surface area (Å²) in [5.41, 5.74) is 9.02. The Labute approximate surface area is 87.2 Å². The summed E-state index contributed by atoms with van der Waals surface area (Å²) < 4.78 is 2.08. The van der Waals surface area contributed by atoms with Crippen LogP contribution in [0.25, 0.3) is 10.4 Å². The first-order valence-corrected chi connectivity index (χ1v) is 5.06. The number of hydrogen-bond donors (Lipinski definition) is 1. The van der Waals surface area contributed by atoms with Crippen molar-refractivity contribution >= 4 is 0 Å². The number of aliphatic hydroxyl groups excluding tert-OH is 1. The number of aliphatic hydroxyl groups is 1. The average Bonchev–Trinajstić information content (AvgIpc) is 2.69. The number of aryl methyl sites for hydroxylation is 2.